The summed E-state index contributed by atoms with van der Waals surface area (Å²) in [6.07, 6.45) is 6.70. The van der Waals surface area contributed by atoms with E-state index in [0.29, 0.717) is 0 Å². The number of hydrogen-bond donors (Lipinski definition) is 0. The third kappa shape index (κ3) is 6.34. The Bertz CT molecular complexity index is 94.9. The van der Waals surface area contributed by atoms with E-state index in [1.807, 2.05) is 4.99 Å². The van der Waals surface area contributed by atoms with E-state index in [2.05, 4.69) is 29.8 Å². The van der Waals surface area contributed by atoms with Crippen molar-refractivity contribution in [3.63, 3.8) is 0 Å². The molecular formula is C9H17Br. The SMILES string of the molecule is CCCCCC/C(C)=C/Br. The van der Waals surface area contributed by atoms with Crippen molar-refractivity contribution in [3.8, 4) is 0 Å². The van der Waals surface area contributed by atoms with Crippen LogP contribution in [0.2, 0.25) is 0 Å². The van der Waals surface area contributed by atoms with Gasteiger partial charge in [-0.3, -0.25) is 0 Å². The first-order valence-corrected chi connectivity index (χ1v) is 4.98. The van der Waals surface area contributed by atoms with E-state index < -0.39 is 0 Å². The van der Waals surface area contributed by atoms with Gasteiger partial charge in [-0.15, -0.1) is 0 Å². The first-order chi connectivity index (χ1) is 4.81. The normalized spacial score (nSPS) is 12.1. The molecule has 0 aromatic rings. The van der Waals surface area contributed by atoms with E-state index in [-0.39, 0.29) is 0 Å². The average molecular weight is 205 g/mol. The first-order valence-electron chi connectivity index (χ1n) is 4.07. The van der Waals surface area contributed by atoms with Crippen molar-refractivity contribution in [2.45, 2.75) is 46.0 Å². The van der Waals surface area contributed by atoms with E-state index in [0.717, 1.165) is 0 Å². The topological polar surface area (TPSA) is 0 Å². The summed E-state index contributed by atoms with van der Waals surface area (Å²) in [5, 5.41) is 0. The van der Waals surface area contributed by atoms with Crippen LogP contribution in [0.3, 0.4) is 0 Å². The lowest BCUT2D eigenvalue weighted by atomic mass is 10.1. The molecule has 10 heavy (non-hydrogen) atoms. The minimum atomic E-state index is 1.26. The van der Waals surface area contributed by atoms with Crippen LogP contribution in [0, 0.1) is 0 Å². The zero-order valence-corrected chi connectivity index (χ0v) is 8.58. The molecule has 0 atom stereocenters. The van der Waals surface area contributed by atoms with Crippen molar-refractivity contribution >= 4 is 15.9 Å². The molecule has 0 amide bonds. The predicted octanol–water partition coefficient (Wildman–Crippen LogP) is 4.26. The third-order valence-electron chi connectivity index (χ3n) is 1.61. The monoisotopic (exact) mass is 204 g/mol. The summed E-state index contributed by atoms with van der Waals surface area (Å²) >= 11 is 3.32. The van der Waals surface area contributed by atoms with Crippen LogP contribution in [-0.4, -0.2) is 0 Å². The lowest BCUT2D eigenvalue weighted by molar-refractivity contribution is 0.665. The van der Waals surface area contributed by atoms with Gasteiger partial charge in [0.15, 0.2) is 0 Å². The number of hydrogen-bond acceptors (Lipinski definition) is 0. The van der Waals surface area contributed by atoms with E-state index >= 15 is 0 Å². The maximum Gasteiger partial charge on any atom is -0.0200 e. The van der Waals surface area contributed by atoms with Crippen LogP contribution < -0.4 is 0 Å². The van der Waals surface area contributed by atoms with Crippen LogP contribution in [0.1, 0.15) is 46.0 Å². The van der Waals surface area contributed by atoms with Crippen LogP contribution in [0.25, 0.3) is 0 Å². The van der Waals surface area contributed by atoms with Crippen molar-refractivity contribution in [2.75, 3.05) is 0 Å². The Hall–Kier alpha value is 0.220. The highest BCUT2D eigenvalue weighted by atomic mass is 79.9. The molecule has 0 unspecified atom stereocenters. The number of allylic oxidation sites excluding steroid dienone is 1. The van der Waals surface area contributed by atoms with Gasteiger partial charge in [0.2, 0.25) is 0 Å². The highest BCUT2D eigenvalue weighted by molar-refractivity contribution is 9.11. The van der Waals surface area contributed by atoms with E-state index in [4.69, 9.17) is 0 Å². The van der Waals surface area contributed by atoms with Gasteiger partial charge < -0.3 is 0 Å². The summed E-state index contributed by atoms with van der Waals surface area (Å²) in [5.41, 5.74) is 1.45. The second-order valence-corrected chi connectivity index (χ2v) is 3.22. The smallest absolute Gasteiger partial charge is 0.0200 e. The first kappa shape index (κ1) is 10.2. The van der Waals surface area contributed by atoms with E-state index in [1.165, 1.54) is 37.7 Å². The minimum Gasteiger partial charge on any atom is -0.0664 e. The molecule has 60 valence electrons. The predicted molar refractivity (Wildman–Crippen MR) is 51.4 cm³/mol. The quantitative estimate of drug-likeness (QED) is 0.588. The van der Waals surface area contributed by atoms with Crippen molar-refractivity contribution in [3.05, 3.63) is 10.6 Å². The Morgan fingerprint density at radius 2 is 2.00 bits per heavy atom. The van der Waals surface area contributed by atoms with E-state index in [1.54, 1.807) is 0 Å². The Morgan fingerprint density at radius 1 is 1.30 bits per heavy atom. The molecule has 0 saturated heterocycles. The molecule has 0 saturated carbocycles. The van der Waals surface area contributed by atoms with Gasteiger partial charge in [-0.2, -0.15) is 0 Å². The molecule has 0 aliphatic rings. The molecule has 0 aliphatic heterocycles. The zero-order valence-electron chi connectivity index (χ0n) is 6.99. The summed E-state index contributed by atoms with van der Waals surface area (Å²) in [4.78, 5) is 2.03. The van der Waals surface area contributed by atoms with Gasteiger partial charge >= 0.3 is 0 Å². The van der Waals surface area contributed by atoms with Gasteiger partial charge in [0.05, 0.1) is 0 Å². The summed E-state index contributed by atoms with van der Waals surface area (Å²) in [5.74, 6) is 0. The summed E-state index contributed by atoms with van der Waals surface area (Å²) in [7, 11) is 0. The van der Waals surface area contributed by atoms with Crippen LogP contribution in [0.5, 0.6) is 0 Å². The van der Waals surface area contributed by atoms with E-state index in [9.17, 15) is 0 Å². The molecule has 0 aromatic heterocycles. The molecule has 0 fully saturated rings. The molecule has 1 heteroatoms. The molecule has 0 spiro atoms. The number of unbranched alkanes of at least 4 members (excludes halogenated alkanes) is 3. The number of rotatable bonds is 5. The highest BCUT2D eigenvalue weighted by Gasteiger charge is 1.88. The lowest BCUT2D eigenvalue weighted by Gasteiger charge is -1.98. The van der Waals surface area contributed by atoms with Gasteiger partial charge in [-0.25, -0.2) is 0 Å². The molecule has 0 aliphatic carbocycles. The van der Waals surface area contributed by atoms with Crippen molar-refractivity contribution in [2.24, 2.45) is 0 Å². The van der Waals surface area contributed by atoms with Gasteiger partial charge in [0.25, 0.3) is 0 Å². The zero-order chi connectivity index (χ0) is 7.82. The van der Waals surface area contributed by atoms with Gasteiger partial charge in [0.1, 0.15) is 0 Å². The fourth-order valence-corrected chi connectivity index (χ4v) is 1.11. The third-order valence-corrected chi connectivity index (χ3v) is 2.39. The van der Waals surface area contributed by atoms with Gasteiger partial charge in [-0.1, -0.05) is 47.7 Å². The second kappa shape index (κ2) is 7.33. The van der Waals surface area contributed by atoms with Crippen molar-refractivity contribution < 1.29 is 0 Å². The molecule has 0 bridgehead atoms. The summed E-state index contributed by atoms with van der Waals surface area (Å²) in [6.45, 7) is 4.41. The van der Waals surface area contributed by atoms with Crippen LogP contribution in [0.4, 0.5) is 0 Å². The lowest BCUT2D eigenvalue weighted by Crippen LogP contribution is -1.77. The van der Waals surface area contributed by atoms with Crippen LogP contribution in [0.15, 0.2) is 10.6 Å². The van der Waals surface area contributed by atoms with Crippen LogP contribution in [-0.2, 0) is 0 Å². The fraction of sp³-hybridized carbons (Fsp3) is 0.778. The standard InChI is InChI=1S/C9H17Br/c1-3-4-5-6-7-9(2)8-10/h8H,3-7H2,1-2H3/b9-8+. The Kier molecular flexibility index (Phi) is 7.49. The molecule has 0 N–H and O–H groups in total. The average Bonchev–Trinajstić information content (AvgIpc) is 1.98. The summed E-state index contributed by atoms with van der Waals surface area (Å²) < 4.78 is 0. The second-order valence-electron chi connectivity index (χ2n) is 2.77. The molecule has 0 aromatic carbocycles. The molecule has 0 heterocycles. The maximum atomic E-state index is 3.32. The Labute approximate surface area is 72.8 Å². The fourth-order valence-electron chi connectivity index (χ4n) is 0.885. The highest BCUT2D eigenvalue weighted by Crippen LogP contribution is 2.10. The Balaban J connectivity index is 3.04. The van der Waals surface area contributed by atoms with Crippen molar-refractivity contribution in [1.29, 1.82) is 0 Å². The minimum absolute atomic E-state index is 1.26. The van der Waals surface area contributed by atoms with Gasteiger partial charge in [0, 0.05) is 0 Å². The van der Waals surface area contributed by atoms with Crippen molar-refractivity contribution in [1.82, 2.24) is 0 Å². The molecule has 0 radical (unpaired) electrons. The molecule has 0 nitrogen and oxygen atoms in total. The molecular weight excluding hydrogens is 188 g/mol. The summed E-state index contributed by atoms with van der Waals surface area (Å²) in [6, 6.07) is 0. The van der Waals surface area contributed by atoms with Gasteiger partial charge in [-0.05, 0) is 24.8 Å². The number of halogens is 1. The molecule has 0 rings (SSSR count). The van der Waals surface area contributed by atoms with Crippen LogP contribution >= 0.6 is 15.9 Å². The maximum absolute atomic E-state index is 3.32. The largest absolute Gasteiger partial charge is 0.0664 e. The Morgan fingerprint density at radius 3 is 2.50 bits per heavy atom.